The molecule has 1 unspecified atom stereocenters. The maximum Gasteiger partial charge on any atom is 0.227 e. The quantitative estimate of drug-likeness (QED) is 0.243. The monoisotopic (exact) mass is 541 g/mol. The van der Waals surface area contributed by atoms with E-state index in [1.54, 1.807) is 19.4 Å². The first-order valence-corrected chi connectivity index (χ1v) is 10.1. The Morgan fingerprint density at radius 1 is 1.19 bits per heavy atom. The second kappa shape index (κ2) is 14.4. The Morgan fingerprint density at radius 2 is 1.97 bits per heavy atom. The number of amides is 1. The van der Waals surface area contributed by atoms with Gasteiger partial charge in [0.1, 0.15) is 23.4 Å². The molecule has 9 heteroatoms. The van der Waals surface area contributed by atoms with Crippen LogP contribution in [0.3, 0.4) is 0 Å². The van der Waals surface area contributed by atoms with Gasteiger partial charge in [-0.2, -0.15) is 0 Å². The van der Waals surface area contributed by atoms with Crippen molar-refractivity contribution in [2.24, 2.45) is 4.99 Å². The van der Waals surface area contributed by atoms with Crippen LogP contribution in [-0.4, -0.2) is 49.7 Å². The van der Waals surface area contributed by atoms with Crippen molar-refractivity contribution in [3.8, 4) is 11.5 Å². The van der Waals surface area contributed by atoms with E-state index in [4.69, 9.17) is 9.47 Å². The lowest BCUT2D eigenvalue weighted by Crippen LogP contribution is -2.39. The number of pyridine rings is 1. The second-order valence-electron chi connectivity index (χ2n) is 6.77. The van der Waals surface area contributed by atoms with Gasteiger partial charge in [0.15, 0.2) is 5.96 Å². The Kier molecular flexibility index (Phi) is 12.3. The van der Waals surface area contributed by atoms with Crippen molar-refractivity contribution in [1.82, 2.24) is 15.6 Å². The van der Waals surface area contributed by atoms with Gasteiger partial charge in [-0.05, 0) is 44.5 Å². The molecule has 0 saturated carbocycles. The molecule has 3 N–H and O–H groups in total. The maximum atomic E-state index is 12.1. The van der Waals surface area contributed by atoms with Crippen molar-refractivity contribution in [2.75, 3.05) is 32.1 Å². The molecule has 0 bridgehead atoms. The fraction of sp³-hybridized carbons (Fsp3) is 0.409. The molecule has 1 aromatic carbocycles. The number of benzene rings is 1. The fourth-order valence-electron chi connectivity index (χ4n) is 2.55. The topological polar surface area (TPSA) is 96.9 Å². The molecule has 0 aliphatic heterocycles. The summed E-state index contributed by atoms with van der Waals surface area (Å²) < 4.78 is 11.1. The minimum absolute atomic E-state index is 0. The lowest BCUT2D eigenvalue weighted by atomic mass is 10.3. The van der Waals surface area contributed by atoms with Crippen molar-refractivity contribution in [1.29, 1.82) is 0 Å². The molecule has 31 heavy (non-hydrogen) atoms. The molecule has 0 aliphatic carbocycles. The molecule has 2 aromatic rings. The number of nitrogens with one attached hydrogen (secondary N) is 3. The lowest BCUT2D eigenvalue weighted by molar-refractivity contribution is -0.116. The molecule has 8 nitrogen and oxygen atoms in total. The van der Waals surface area contributed by atoms with Crippen LogP contribution in [0.1, 0.15) is 25.8 Å². The number of hydrogen-bond donors (Lipinski definition) is 3. The molecule has 1 amide bonds. The molecule has 0 fully saturated rings. The van der Waals surface area contributed by atoms with Crippen molar-refractivity contribution in [3.05, 3.63) is 48.2 Å². The van der Waals surface area contributed by atoms with Gasteiger partial charge in [-0.1, -0.05) is 12.1 Å². The van der Waals surface area contributed by atoms with Gasteiger partial charge in [0.05, 0.1) is 13.7 Å². The molecule has 0 saturated heterocycles. The summed E-state index contributed by atoms with van der Waals surface area (Å²) in [6.07, 6.45) is 1.90. The first-order valence-electron chi connectivity index (χ1n) is 10.1. The number of guanidine groups is 1. The van der Waals surface area contributed by atoms with E-state index >= 15 is 0 Å². The minimum Gasteiger partial charge on any atom is -0.497 e. The predicted molar refractivity (Wildman–Crippen MR) is 135 cm³/mol. The largest absolute Gasteiger partial charge is 0.497 e. The van der Waals surface area contributed by atoms with Crippen LogP contribution in [0.5, 0.6) is 11.5 Å². The number of methoxy groups -OCH3 is 1. The van der Waals surface area contributed by atoms with Gasteiger partial charge in [-0.25, -0.2) is 9.98 Å². The van der Waals surface area contributed by atoms with Crippen LogP contribution in [0.25, 0.3) is 0 Å². The summed E-state index contributed by atoms with van der Waals surface area (Å²) in [6.45, 7) is 7.53. The van der Waals surface area contributed by atoms with E-state index in [0.717, 1.165) is 23.6 Å². The van der Waals surface area contributed by atoms with Crippen molar-refractivity contribution >= 4 is 41.7 Å². The van der Waals surface area contributed by atoms with Gasteiger partial charge < -0.3 is 25.4 Å². The Labute approximate surface area is 201 Å². The van der Waals surface area contributed by atoms with Crippen LogP contribution in [0.4, 0.5) is 5.82 Å². The molecule has 0 radical (unpaired) electrons. The number of carbonyl (C=O) groups is 1. The lowest BCUT2D eigenvalue weighted by Gasteiger charge is -2.15. The third-order valence-corrected chi connectivity index (χ3v) is 4.05. The highest BCUT2D eigenvalue weighted by molar-refractivity contribution is 14.0. The molecule has 1 heterocycles. The highest BCUT2D eigenvalue weighted by Gasteiger charge is 2.07. The average molecular weight is 541 g/mol. The van der Waals surface area contributed by atoms with Crippen LogP contribution in [0, 0.1) is 6.92 Å². The second-order valence-corrected chi connectivity index (χ2v) is 6.77. The number of anilines is 1. The van der Waals surface area contributed by atoms with Crippen LogP contribution < -0.4 is 25.4 Å². The number of nitrogens with zero attached hydrogens (tertiary/aromatic N) is 2. The molecule has 1 atom stereocenters. The number of rotatable bonds is 10. The van der Waals surface area contributed by atoms with Crippen molar-refractivity contribution in [2.45, 2.75) is 33.3 Å². The summed E-state index contributed by atoms with van der Waals surface area (Å²) in [7, 11) is 1.62. The van der Waals surface area contributed by atoms with Crippen molar-refractivity contribution in [3.63, 3.8) is 0 Å². The normalized spacial score (nSPS) is 11.7. The van der Waals surface area contributed by atoms with Gasteiger partial charge in [0.25, 0.3) is 0 Å². The summed E-state index contributed by atoms with van der Waals surface area (Å²) in [6, 6.07) is 11.2. The molecule has 1 aromatic heterocycles. The van der Waals surface area contributed by atoms with E-state index < -0.39 is 0 Å². The summed E-state index contributed by atoms with van der Waals surface area (Å²) in [5.74, 6) is 2.56. The number of aryl methyl sites for hydroxylation is 1. The Morgan fingerprint density at radius 3 is 2.65 bits per heavy atom. The fourth-order valence-corrected chi connectivity index (χ4v) is 2.55. The van der Waals surface area contributed by atoms with E-state index in [1.165, 1.54) is 0 Å². The highest BCUT2D eigenvalue weighted by atomic mass is 127. The molecule has 0 spiro atoms. The molecule has 0 aliphatic rings. The molecule has 170 valence electrons. The van der Waals surface area contributed by atoms with E-state index in [2.05, 4.69) is 25.9 Å². The van der Waals surface area contributed by atoms with Crippen LogP contribution in [0.15, 0.2) is 47.6 Å². The smallest absolute Gasteiger partial charge is 0.227 e. The molecular weight excluding hydrogens is 509 g/mol. The maximum absolute atomic E-state index is 12.1. The number of halogens is 1. The van der Waals surface area contributed by atoms with Crippen LogP contribution in [0.2, 0.25) is 0 Å². The zero-order valence-electron chi connectivity index (χ0n) is 18.5. The zero-order chi connectivity index (χ0) is 21.8. The van der Waals surface area contributed by atoms with Crippen molar-refractivity contribution < 1.29 is 14.3 Å². The van der Waals surface area contributed by atoms with Gasteiger partial charge in [-0.15, -0.1) is 24.0 Å². The van der Waals surface area contributed by atoms with E-state index in [0.29, 0.717) is 31.3 Å². The first kappa shape index (κ1) is 26.5. The van der Waals surface area contributed by atoms with Gasteiger partial charge in [0.2, 0.25) is 5.91 Å². The summed E-state index contributed by atoms with van der Waals surface area (Å²) >= 11 is 0. The van der Waals surface area contributed by atoms with Gasteiger partial charge in [-0.3, -0.25) is 4.79 Å². The van der Waals surface area contributed by atoms with E-state index in [1.807, 2.05) is 51.1 Å². The highest BCUT2D eigenvalue weighted by Crippen LogP contribution is 2.19. The summed E-state index contributed by atoms with van der Waals surface area (Å²) in [5, 5.41) is 9.12. The Balaban J connectivity index is 0.00000480. The van der Waals surface area contributed by atoms with E-state index in [-0.39, 0.29) is 36.0 Å². The predicted octanol–water partition coefficient (Wildman–Crippen LogP) is 3.37. The van der Waals surface area contributed by atoms with Gasteiger partial charge >= 0.3 is 0 Å². The molecular formula is C22H32IN5O3. The van der Waals surface area contributed by atoms with Crippen LogP contribution >= 0.6 is 24.0 Å². The standard InChI is InChI=1S/C22H31N5O3.HI/c1-5-23-22(24-12-11-21(28)27-20-10-9-16(2)14-25-20)26-15-17(3)30-19-8-6-7-18(13-19)29-4;/h6-10,13-14,17H,5,11-12,15H2,1-4H3,(H2,23,24,26)(H,25,27,28);1H. The Bertz CT molecular complexity index is 830. The zero-order valence-corrected chi connectivity index (χ0v) is 20.8. The van der Waals surface area contributed by atoms with Gasteiger partial charge in [0, 0.05) is 31.8 Å². The number of ether oxygens (including phenoxy) is 2. The molecule has 2 rings (SSSR count). The third kappa shape index (κ3) is 10.3. The Hall–Kier alpha value is -2.56. The van der Waals surface area contributed by atoms with Crippen LogP contribution in [-0.2, 0) is 4.79 Å². The first-order chi connectivity index (χ1) is 14.5. The SMILES string of the molecule is CCNC(=NCC(C)Oc1cccc(OC)c1)NCCC(=O)Nc1ccc(C)cn1.I. The third-order valence-electron chi connectivity index (χ3n) is 4.05. The average Bonchev–Trinajstić information content (AvgIpc) is 2.74. The number of carbonyl (C=O) groups excluding carboxylic acids is 1. The number of hydrogen-bond acceptors (Lipinski definition) is 5. The van der Waals surface area contributed by atoms with E-state index in [9.17, 15) is 4.79 Å². The number of aromatic nitrogens is 1. The summed E-state index contributed by atoms with van der Waals surface area (Å²) in [4.78, 5) is 20.8. The number of aliphatic imine (C=N–C) groups is 1. The summed E-state index contributed by atoms with van der Waals surface area (Å²) in [5.41, 5.74) is 1.05. The minimum atomic E-state index is -0.122.